The molecule has 0 spiro atoms. The predicted octanol–water partition coefficient (Wildman–Crippen LogP) is 3.93. The lowest BCUT2D eigenvalue weighted by molar-refractivity contribution is 0.529. The maximum absolute atomic E-state index is 4.14. The van der Waals surface area contributed by atoms with Crippen LogP contribution in [-0.4, -0.2) is 4.98 Å². The van der Waals surface area contributed by atoms with Crippen molar-refractivity contribution in [1.29, 1.82) is 0 Å². The molecule has 1 aliphatic carbocycles. The summed E-state index contributed by atoms with van der Waals surface area (Å²) in [6.45, 7) is 3.02. The summed E-state index contributed by atoms with van der Waals surface area (Å²) in [5.41, 5.74) is 5.49. The fraction of sp³-hybridized carbons (Fsp3) is 0.312. The first-order chi connectivity index (χ1) is 9.25. The molecule has 0 aliphatic heterocycles. The standard InChI is InChI=1S/C16H17BrN2/c1-11-9-18-8-7-12(11)10-19-16-6-5-13-14(16)3-2-4-15(13)17/h2-4,7-9,16,19H,5-6,10H2,1H3. The first-order valence-corrected chi connectivity index (χ1v) is 7.45. The van der Waals surface area contributed by atoms with Crippen molar-refractivity contribution in [1.82, 2.24) is 10.3 Å². The molecule has 1 unspecified atom stereocenters. The van der Waals surface area contributed by atoms with E-state index in [-0.39, 0.29) is 0 Å². The number of rotatable bonds is 3. The van der Waals surface area contributed by atoms with Gasteiger partial charge in [0.15, 0.2) is 0 Å². The molecule has 1 N–H and O–H groups in total. The van der Waals surface area contributed by atoms with Crippen LogP contribution in [0.5, 0.6) is 0 Å². The smallest absolute Gasteiger partial charge is 0.0329 e. The lowest BCUT2D eigenvalue weighted by atomic mass is 10.1. The van der Waals surface area contributed by atoms with Gasteiger partial charge in [-0.15, -0.1) is 0 Å². The van der Waals surface area contributed by atoms with Crippen molar-refractivity contribution in [3.05, 3.63) is 63.4 Å². The third-order valence-electron chi connectivity index (χ3n) is 3.89. The topological polar surface area (TPSA) is 24.9 Å². The number of nitrogens with one attached hydrogen (secondary N) is 1. The van der Waals surface area contributed by atoms with Crippen molar-refractivity contribution in [2.45, 2.75) is 32.4 Å². The second kappa shape index (κ2) is 5.43. The molecule has 1 aromatic heterocycles. The quantitative estimate of drug-likeness (QED) is 0.928. The van der Waals surface area contributed by atoms with E-state index in [4.69, 9.17) is 0 Å². The molecule has 2 nitrogen and oxygen atoms in total. The van der Waals surface area contributed by atoms with Crippen LogP contribution < -0.4 is 5.32 Å². The largest absolute Gasteiger partial charge is 0.306 e. The molecule has 1 aliphatic rings. The van der Waals surface area contributed by atoms with Crippen molar-refractivity contribution in [2.24, 2.45) is 0 Å². The Morgan fingerprint density at radius 1 is 1.37 bits per heavy atom. The molecule has 0 saturated carbocycles. The molecule has 3 rings (SSSR count). The van der Waals surface area contributed by atoms with Crippen molar-refractivity contribution in [3.8, 4) is 0 Å². The fourth-order valence-electron chi connectivity index (χ4n) is 2.76. The Kier molecular flexibility index (Phi) is 3.67. The second-order valence-corrected chi connectivity index (χ2v) is 5.94. The molecule has 2 aromatic rings. The molecular formula is C16H17BrN2. The SMILES string of the molecule is Cc1cnccc1CNC1CCc2c(Br)cccc21. The summed E-state index contributed by atoms with van der Waals surface area (Å²) in [5, 5.41) is 3.67. The number of benzene rings is 1. The van der Waals surface area contributed by atoms with E-state index in [9.17, 15) is 0 Å². The number of pyridine rings is 1. The van der Waals surface area contributed by atoms with Crippen LogP contribution in [0.2, 0.25) is 0 Å². The molecule has 1 heterocycles. The predicted molar refractivity (Wildman–Crippen MR) is 81.0 cm³/mol. The van der Waals surface area contributed by atoms with Crippen LogP contribution in [0, 0.1) is 6.92 Å². The normalized spacial score (nSPS) is 17.5. The maximum Gasteiger partial charge on any atom is 0.0329 e. The molecule has 0 radical (unpaired) electrons. The van der Waals surface area contributed by atoms with Gasteiger partial charge in [-0.25, -0.2) is 0 Å². The Morgan fingerprint density at radius 3 is 3.11 bits per heavy atom. The van der Waals surface area contributed by atoms with Crippen LogP contribution in [0.3, 0.4) is 0 Å². The number of hydrogen-bond donors (Lipinski definition) is 1. The molecule has 1 atom stereocenters. The molecule has 98 valence electrons. The third-order valence-corrected chi connectivity index (χ3v) is 4.63. The first kappa shape index (κ1) is 12.8. The minimum absolute atomic E-state index is 0.472. The van der Waals surface area contributed by atoms with Crippen LogP contribution >= 0.6 is 15.9 Å². The number of fused-ring (bicyclic) bond motifs is 1. The highest BCUT2D eigenvalue weighted by Gasteiger charge is 2.23. The van der Waals surface area contributed by atoms with Gasteiger partial charge in [0.1, 0.15) is 0 Å². The average Bonchev–Trinajstić information content (AvgIpc) is 2.83. The van der Waals surface area contributed by atoms with Gasteiger partial charge in [-0.05, 0) is 54.2 Å². The number of nitrogens with zero attached hydrogens (tertiary/aromatic N) is 1. The van der Waals surface area contributed by atoms with E-state index in [0.29, 0.717) is 6.04 Å². The summed E-state index contributed by atoms with van der Waals surface area (Å²) < 4.78 is 1.24. The van der Waals surface area contributed by atoms with Gasteiger partial charge >= 0.3 is 0 Å². The van der Waals surface area contributed by atoms with Crippen molar-refractivity contribution >= 4 is 15.9 Å². The zero-order valence-electron chi connectivity index (χ0n) is 11.0. The highest BCUT2D eigenvalue weighted by Crippen LogP contribution is 2.35. The number of halogens is 1. The summed E-state index contributed by atoms with van der Waals surface area (Å²) in [6.07, 6.45) is 6.13. The summed E-state index contributed by atoms with van der Waals surface area (Å²) in [4.78, 5) is 4.14. The fourth-order valence-corrected chi connectivity index (χ4v) is 3.34. The Labute approximate surface area is 122 Å². The van der Waals surface area contributed by atoms with Gasteiger partial charge in [0.2, 0.25) is 0 Å². The van der Waals surface area contributed by atoms with Gasteiger partial charge in [0, 0.05) is 29.5 Å². The van der Waals surface area contributed by atoms with E-state index in [1.807, 2.05) is 12.4 Å². The highest BCUT2D eigenvalue weighted by molar-refractivity contribution is 9.10. The molecule has 0 fully saturated rings. The van der Waals surface area contributed by atoms with E-state index in [0.717, 1.165) is 13.0 Å². The summed E-state index contributed by atoms with van der Waals surface area (Å²) in [7, 11) is 0. The van der Waals surface area contributed by atoms with E-state index < -0.39 is 0 Å². The minimum Gasteiger partial charge on any atom is -0.306 e. The molecule has 3 heteroatoms. The first-order valence-electron chi connectivity index (χ1n) is 6.66. The number of hydrogen-bond acceptors (Lipinski definition) is 2. The lowest BCUT2D eigenvalue weighted by Gasteiger charge is -2.15. The Morgan fingerprint density at radius 2 is 2.26 bits per heavy atom. The van der Waals surface area contributed by atoms with Gasteiger partial charge < -0.3 is 5.32 Å². The Bertz CT molecular complexity index is 595. The van der Waals surface area contributed by atoms with Gasteiger partial charge in [0.05, 0.1) is 0 Å². The third kappa shape index (κ3) is 2.58. The Balaban J connectivity index is 1.74. The summed E-state index contributed by atoms with van der Waals surface area (Å²) in [5.74, 6) is 0. The van der Waals surface area contributed by atoms with Crippen molar-refractivity contribution in [2.75, 3.05) is 0 Å². The second-order valence-electron chi connectivity index (χ2n) is 5.08. The van der Waals surface area contributed by atoms with Crippen LogP contribution in [0.4, 0.5) is 0 Å². The van der Waals surface area contributed by atoms with Crippen molar-refractivity contribution in [3.63, 3.8) is 0 Å². The average molecular weight is 317 g/mol. The van der Waals surface area contributed by atoms with Gasteiger partial charge in [0.25, 0.3) is 0 Å². The number of aromatic nitrogens is 1. The van der Waals surface area contributed by atoms with Gasteiger partial charge in [-0.2, -0.15) is 0 Å². The highest BCUT2D eigenvalue weighted by atomic mass is 79.9. The maximum atomic E-state index is 4.14. The zero-order valence-corrected chi connectivity index (χ0v) is 12.6. The van der Waals surface area contributed by atoms with Crippen LogP contribution in [0.25, 0.3) is 0 Å². The number of aryl methyl sites for hydroxylation is 1. The minimum atomic E-state index is 0.472. The summed E-state index contributed by atoms with van der Waals surface area (Å²) in [6, 6.07) is 9.07. The van der Waals surface area contributed by atoms with Crippen LogP contribution in [0.15, 0.2) is 41.1 Å². The molecular weight excluding hydrogens is 300 g/mol. The van der Waals surface area contributed by atoms with E-state index in [1.54, 1.807) is 0 Å². The molecule has 0 amide bonds. The molecule has 1 aromatic carbocycles. The van der Waals surface area contributed by atoms with Gasteiger partial charge in [-0.1, -0.05) is 28.1 Å². The van der Waals surface area contributed by atoms with E-state index in [2.05, 4.69) is 57.4 Å². The van der Waals surface area contributed by atoms with Crippen molar-refractivity contribution < 1.29 is 0 Å². The molecule has 0 saturated heterocycles. The van der Waals surface area contributed by atoms with E-state index in [1.165, 1.54) is 33.1 Å². The zero-order chi connectivity index (χ0) is 13.2. The molecule has 0 bridgehead atoms. The van der Waals surface area contributed by atoms with Crippen LogP contribution in [0.1, 0.15) is 34.7 Å². The van der Waals surface area contributed by atoms with Crippen LogP contribution in [-0.2, 0) is 13.0 Å². The molecule has 19 heavy (non-hydrogen) atoms. The monoisotopic (exact) mass is 316 g/mol. The lowest BCUT2D eigenvalue weighted by Crippen LogP contribution is -2.19. The summed E-state index contributed by atoms with van der Waals surface area (Å²) >= 11 is 3.65. The van der Waals surface area contributed by atoms with E-state index >= 15 is 0 Å². The van der Waals surface area contributed by atoms with Gasteiger partial charge in [-0.3, -0.25) is 4.98 Å². The Hall–Kier alpha value is -1.19.